The molecule has 1 aromatic carbocycles. The maximum atomic E-state index is 12.7. The minimum Gasteiger partial charge on any atom is -0.342 e. The first-order chi connectivity index (χ1) is 12.5. The number of nitrogens with zero attached hydrogens (tertiary/aromatic N) is 4. The zero-order valence-electron chi connectivity index (χ0n) is 15.3. The van der Waals surface area contributed by atoms with Crippen molar-refractivity contribution in [2.45, 2.75) is 20.8 Å². The predicted molar refractivity (Wildman–Crippen MR) is 100 cm³/mol. The molecule has 2 amide bonds. The van der Waals surface area contributed by atoms with E-state index in [0.717, 1.165) is 28.9 Å². The topological polar surface area (TPSA) is 78.4 Å². The fourth-order valence-corrected chi connectivity index (χ4v) is 3.03. The Balaban J connectivity index is 1.81. The third-order valence-electron chi connectivity index (χ3n) is 4.54. The molecule has 7 heteroatoms. The highest BCUT2D eigenvalue weighted by atomic mass is 16.2. The number of hydrogen-bond acceptors (Lipinski definition) is 5. The molecule has 2 heterocycles. The van der Waals surface area contributed by atoms with Crippen LogP contribution >= 0.6 is 0 Å². The number of aromatic nitrogens is 2. The maximum absolute atomic E-state index is 12.7. The average molecular weight is 353 g/mol. The molecular formula is C19H23N5O2. The Morgan fingerprint density at radius 2 is 1.73 bits per heavy atom. The van der Waals surface area contributed by atoms with Crippen LogP contribution in [0.15, 0.2) is 24.3 Å². The van der Waals surface area contributed by atoms with Crippen LogP contribution in [0.1, 0.15) is 27.3 Å². The number of para-hydroxylation sites is 1. The minimum absolute atomic E-state index is 0.249. The summed E-state index contributed by atoms with van der Waals surface area (Å²) in [4.78, 5) is 36.2. The van der Waals surface area contributed by atoms with Crippen LogP contribution in [0.25, 0.3) is 0 Å². The summed E-state index contributed by atoms with van der Waals surface area (Å²) in [6.45, 7) is 8.34. The van der Waals surface area contributed by atoms with Gasteiger partial charge in [0.2, 0.25) is 12.4 Å². The van der Waals surface area contributed by atoms with Crippen molar-refractivity contribution >= 4 is 24.0 Å². The summed E-state index contributed by atoms with van der Waals surface area (Å²) in [7, 11) is 0. The molecule has 0 bridgehead atoms. The van der Waals surface area contributed by atoms with E-state index in [9.17, 15) is 9.59 Å². The number of rotatable bonds is 4. The molecule has 0 saturated carbocycles. The first-order valence-electron chi connectivity index (χ1n) is 8.65. The number of carbonyl (C=O) groups excluding carboxylic acids is 2. The number of carbonyl (C=O) groups is 2. The van der Waals surface area contributed by atoms with Gasteiger partial charge in [-0.1, -0.05) is 18.2 Å². The second kappa shape index (κ2) is 7.51. The molecule has 1 saturated heterocycles. The van der Waals surface area contributed by atoms with Crippen molar-refractivity contribution in [3.8, 4) is 0 Å². The quantitative estimate of drug-likeness (QED) is 0.850. The Bertz CT molecular complexity index is 808. The Morgan fingerprint density at radius 1 is 1.08 bits per heavy atom. The SMILES string of the molecule is Cc1cc(C(=O)Nc2c(C)cccc2C)nc(N2CCN(C=O)CC2)n1. The monoisotopic (exact) mass is 353 g/mol. The molecule has 0 aliphatic carbocycles. The molecular weight excluding hydrogens is 330 g/mol. The molecule has 1 aliphatic heterocycles. The van der Waals surface area contributed by atoms with E-state index in [1.807, 2.05) is 43.9 Å². The normalized spacial score (nSPS) is 14.3. The van der Waals surface area contributed by atoms with Crippen molar-refractivity contribution in [1.29, 1.82) is 0 Å². The third kappa shape index (κ3) is 3.82. The van der Waals surface area contributed by atoms with E-state index in [-0.39, 0.29) is 5.91 Å². The van der Waals surface area contributed by atoms with Crippen LogP contribution < -0.4 is 10.2 Å². The lowest BCUT2D eigenvalue weighted by Gasteiger charge is -2.32. The molecule has 2 aromatic rings. The maximum Gasteiger partial charge on any atom is 0.274 e. The van der Waals surface area contributed by atoms with Crippen LogP contribution in [0.4, 0.5) is 11.6 Å². The first-order valence-corrected chi connectivity index (χ1v) is 8.65. The summed E-state index contributed by atoms with van der Waals surface area (Å²) in [6, 6.07) is 7.58. The van der Waals surface area contributed by atoms with Crippen molar-refractivity contribution in [2.75, 3.05) is 36.4 Å². The van der Waals surface area contributed by atoms with Crippen molar-refractivity contribution < 1.29 is 9.59 Å². The van der Waals surface area contributed by atoms with E-state index in [2.05, 4.69) is 15.3 Å². The molecule has 0 spiro atoms. The molecule has 1 N–H and O–H groups in total. The average Bonchev–Trinajstić information content (AvgIpc) is 2.64. The molecule has 1 fully saturated rings. The predicted octanol–water partition coefficient (Wildman–Crippen LogP) is 1.93. The number of piperazine rings is 1. The molecule has 3 rings (SSSR count). The van der Waals surface area contributed by atoms with Crippen LogP contribution in [0.2, 0.25) is 0 Å². The smallest absolute Gasteiger partial charge is 0.274 e. The van der Waals surface area contributed by atoms with E-state index >= 15 is 0 Å². The van der Waals surface area contributed by atoms with Gasteiger partial charge in [-0.3, -0.25) is 9.59 Å². The summed E-state index contributed by atoms with van der Waals surface area (Å²) in [5.74, 6) is 0.280. The van der Waals surface area contributed by atoms with E-state index in [1.165, 1.54) is 0 Å². The lowest BCUT2D eigenvalue weighted by molar-refractivity contribution is -0.118. The van der Waals surface area contributed by atoms with Gasteiger partial charge in [-0.25, -0.2) is 9.97 Å². The second-order valence-corrected chi connectivity index (χ2v) is 6.54. The number of aryl methyl sites for hydroxylation is 3. The van der Waals surface area contributed by atoms with Crippen LogP contribution in [0, 0.1) is 20.8 Å². The van der Waals surface area contributed by atoms with Gasteiger partial charge in [-0.15, -0.1) is 0 Å². The Labute approximate surface area is 153 Å². The molecule has 1 aliphatic rings. The van der Waals surface area contributed by atoms with Crippen LogP contribution in [-0.2, 0) is 4.79 Å². The number of nitrogens with one attached hydrogen (secondary N) is 1. The highest BCUT2D eigenvalue weighted by Gasteiger charge is 2.20. The molecule has 7 nitrogen and oxygen atoms in total. The van der Waals surface area contributed by atoms with Gasteiger partial charge < -0.3 is 15.1 Å². The van der Waals surface area contributed by atoms with Gasteiger partial charge in [0, 0.05) is 37.6 Å². The van der Waals surface area contributed by atoms with Gasteiger partial charge >= 0.3 is 0 Å². The summed E-state index contributed by atoms with van der Waals surface area (Å²) < 4.78 is 0. The number of hydrogen-bond donors (Lipinski definition) is 1. The molecule has 1 aromatic heterocycles. The van der Waals surface area contributed by atoms with E-state index in [4.69, 9.17) is 0 Å². The van der Waals surface area contributed by atoms with Gasteiger partial charge in [-0.2, -0.15) is 0 Å². The Morgan fingerprint density at radius 3 is 2.35 bits per heavy atom. The summed E-state index contributed by atoms with van der Waals surface area (Å²) in [6.07, 6.45) is 0.859. The summed E-state index contributed by atoms with van der Waals surface area (Å²) >= 11 is 0. The Hall–Kier alpha value is -2.96. The fraction of sp³-hybridized carbons (Fsp3) is 0.368. The lowest BCUT2D eigenvalue weighted by atomic mass is 10.1. The van der Waals surface area contributed by atoms with Gasteiger partial charge in [0.1, 0.15) is 5.69 Å². The van der Waals surface area contributed by atoms with Gasteiger partial charge in [0.05, 0.1) is 0 Å². The molecule has 0 unspecified atom stereocenters. The van der Waals surface area contributed by atoms with Gasteiger partial charge in [0.15, 0.2) is 0 Å². The molecule has 0 radical (unpaired) electrons. The summed E-state index contributed by atoms with van der Waals surface area (Å²) in [5, 5.41) is 2.97. The lowest BCUT2D eigenvalue weighted by Crippen LogP contribution is -2.46. The van der Waals surface area contributed by atoms with E-state index < -0.39 is 0 Å². The largest absolute Gasteiger partial charge is 0.342 e. The highest BCUT2D eigenvalue weighted by molar-refractivity contribution is 6.04. The molecule has 0 atom stereocenters. The van der Waals surface area contributed by atoms with Crippen LogP contribution in [0.5, 0.6) is 0 Å². The molecule has 26 heavy (non-hydrogen) atoms. The first kappa shape index (κ1) is 17.8. The van der Waals surface area contributed by atoms with Crippen LogP contribution in [-0.4, -0.2) is 53.4 Å². The van der Waals surface area contributed by atoms with Crippen molar-refractivity contribution in [1.82, 2.24) is 14.9 Å². The number of benzene rings is 1. The van der Waals surface area contributed by atoms with Crippen molar-refractivity contribution in [3.05, 3.63) is 46.8 Å². The Kier molecular flexibility index (Phi) is 5.16. The van der Waals surface area contributed by atoms with Gasteiger partial charge in [-0.05, 0) is 38.0 Å². The standard InChI is InChI=1S/C19H23N5O2/c1-13-5-4-6-14(2)17(13)22-18(26)16-11-15(3)20-19(21-16)24-9-7-23(12-25)8-10-24/h4-6,11-12H,7-10H2,1-3H3,(H,22,26). The minimum atomic E-state index is -0.249. The molecule has 136 valence electrons. The zero-order valence-corrected chi connectivity index (χ0v) is 15.3. The van der Waals surface area contributed by atoms with Gasteiger partial charge in [0.25, 0.3) is 5.91 Å². The second-order valence-electron chi connectivity index (χ2n) is 6.54. The van der Waals surface area contributed by atoms with E-state index in [0.29, 0.717) is 37.8 Å². The third-order valence-corrected chi connectivity index (χ3v) is 4.54. The highest BCUT2D eigenvalue weighted by Crippen LogP contribution is 2.21. The summed E-state index contributed by atoms with van der Waals surface area (Å²) in [5.41, 5.74) is 3.91. The number of amides is 2. The van der Waals surface area contributed by atoms with E-state index in [1.54, 1.807) is 11.0 Å². The number of anilines is 2. The van der Waals surface area contributed by atoms with Crippen LogP contribution in [0.3, 0.4) is 0 Å². The zero-order chi connectivity index (χ0) is 18.7. The van der Waals surface area contributed by atoms with Crippen molar-refractivity contribution in [3.63, 3.8) is 0 Å². The fourth-order valence-electron chi connectivity index (χ4n) is 3.03. The van der Waals surface area contributed by atoms with Crippen molar-refractivity contribution in [2.24, 2.45) is 0 Å².